The minimum atomic E-state index is -0.963. The average Bonchev–Trinajstić information content (AvgIpc) is 2.61. The first-order valence-electron chi connectivity index (χ1n) is 7.67. The van der Waals surface area contributed by atoms with Gasteiger partial charge in [-0.15, -0.1) is 0 Å². The van der Waals surface area contributed by atoms with Crippen molar-refractivity contribution in [2.45, 2.75) is 6.92 Å². The Bertz CT molecular complexity index is 979. The van der Waals surface area contributed by atoms with E-state index in [2.05, 4.69) is 15.6 Å². The Morgan fingerprint density at radius 1 is 1.00 bits per heavy atom. The van der Waals surface area contributed by atoms with E-state index in [4.69, 9.17) is 11.6 Å². The first-order valence-corrected chi connectivity index (χ1v) is 8.05. The second-order valence-corrected chi connectivity index (χ2v) is 6.07. The molecule has 0 fully saturated rings. The maximum Gasteiger partial charge on any atom is 0.257 e. The lowest BCUT2D eigenvalue weighted by atomic mass is 10.2. The summed E-state index contributed by atoms with van der Waals surface area (Å²) in [6.45, 7) is 1.83. The molecule has 2 N–H and O–H groups in total. The number of carbonyl (C=O) groups is 1. The zero-order valence-corrected chi connectivity index (χ0v) is 14.4. The zero-order chi connectivity index (χ0) is 18.7. The number of rotatable bonds is 4. The Morgan fingerprint density at radius 3 is 2.54 bits per heavy atom. The minimum absolute atomic E-state index is 0.312. The summed E-state index contributed by atoms with van der Waals surface area (Å²) >= 11 is 5.91. The first-order chi connectivity index (χ1) is 12.4. The molecule has 0 bridgehead atoms. The van der Waals surface area contributed by atoms with Crippen molar-refractivity contribution in [1.29, 1.82) is 0 Å². The van der Waals surface area contributed by atoms with Crippen LogP contribution in [0.4, 0.5) is 25.8 Å². The normalized spacial score (nSPS) is 10.5. The van der Waals surface area contributed by atoms with Gasteiger partial charge < -0.3 is 10.6 Å². The van der Waals surface area contributed by atoms with Gasteiger partial charge in [-0.3, -0.25) is 9.78 Å². The van der Waals surface area contributed by atoms with Gasteiger partial charge in [-0.05, 0) is 48.9 Å². The van der Waals surface area contributed by atoms with E-state index in [1.54, 1.807) is 24.3 Å². The van der Waals surface area contributed by atoms with Gasteiger partial charge in [-0.1, -0.05) is 11.6 Å². The molecule has 0 saturated heterocycles. The standard InChI is InChI=1S/C19H14ClF2N3O/c1-11-6-13(20)2-5-18(11)25-19(26)12-7-15(10-23-9-12)24-14-3-4-16(21)17(22)8-14/h2-10,24H,1H3,(H,25,26). The molecule has 0 aliphatic rings. The third-order valence-electron chi connectivity index (χ3n) is 3.65. The van der Waals surface area contributed by atoms with Gasteiger partial charge in [0.05, 0.1) is 17.4 Å². The van der Waals surface area contributed by atoms with E-state index in [1.165, 1.54) is 18.5 Å². The predicted octanol–water partition coefficient (Wildman–Crippen LogP) is 5.32. The van der Waals surface area contributed by atoms with Crippen LogP contribution < -0.4 is 10.6 Å². The summed E-state index contributed by atoms with van der Waals surface area (Å²) in [5.41, 5.74) is 2.59. The monoisotopic (exact) mass is 373 g/mol. The number of hydrogen-bond acceptors (Lipinski definition) is 3. The molecule has 0 atom stereocenters. The van der Waals surface area contributed by atoms with Crippen LogP contribution >= 0.6 is 11.6 Å². The van der Waals surface area contributed by atoms with Crippen molar-refractivity contribution in [3.8, 4) is 0 Å². The van der Waals surface area contributed by atoms with Gasteiger partial charge in [0.1, 0.15) is 0 Å². The molecule has 0 unspecified atom stereocenters. The van der Waals surface area contributed by atoms with Crippen molar-refractivity contribution in [2.24, 2.45) is 0 Å². The van der Waals surface area contributed by atoms with E-state index in [0.717, 1.165) is 17.7 Å². The number of amides is 1. The molecule has 3 aromatic rings. The zero-order valence-electron chi connectivity index (χ0n) is 13.7. The minimum Gasteiger partial charge on any atom is -0.354 e. The number of carbonyl (C=O) groups excluding carboxylic acids is 1. The van der Waals surface area contributed by atoms with Crippen molar-refractivity contribution in [2.75, 3.05) is 10.6 Å². The van der Waals surface area contributed by atoms with E-state index < -0.39 is 11.6 Å². The van der Waals surface area contributed by atoms with Gasteiger partial charge in [0.25, 0.3) is 5.91 Å². The first kappa shape index (κ1) is 17.8. The van der Waals surface area contributed by atoms with Crippen LogP contribution in [0.5, 0.6) is 0 Å². The maximum atomic E-state index is 13.3. The maximum absolute atomic E-state index is 13.3. The summed E-state index contributed by atoms with van der Waals surface area (Å²) in [5, 5.41) is 6.25. The summed E-state index contributed by atoms with van der Waals surface area (Å²) in [6.07, 6.45) is 2.89. The van der Waals surface area contributed by atoms with Crippen molar-refractivity contribution in [3.05, 3.63) is 82.6 Å². The summed E-state index contributed by atoms with van der Waals surface area (Å²) in [7, 11) is 0. The second kappa shape index (κ2) is 7.49. The van der Waals surface area contributed by atoms with Crippen LogP contribution in [0, 0.1) is 18.6 Å². The topological polar surface area (TPSA) is 54.0 Å². The van der Waals surface area contributed by atoms with Gasteiger partial charge in [0.2, 0.25) is 0 Å². The molecule has 7 heteroatoms. The third kappa shape index (κ3) is 4.15. The van der Waals surface area contributed by atoms with E-state index in [9.17, 15) is 13.6 Å². The molecule has 0 aliphatic heterocycles. The Kier molecular flexibility index (Phi) is 5.14. The summed E-state index contributed by atoms with van der Waals surface area (Å²) in [5.74, 6) is -2.24. The van der Waals surface area contributed by atoms with Crippen molar-refractivity contribution >= 4 is 34.6 Å². The number of aryl methyl sites for hydroxylation is 1. The highest BCUT2D eigenvalue weighted by Gasteiger charge is 2.10. The van der Waals surface area contributed by atoms with E-state index in [0.29, 0.717) is 27.6 Å². The largest absolute Gasteiger partial charge is 0.354 e. The lowest BCUT2D eigenvalue weighted by Crippen LogP contribution is -2.13. The van der Waals surface area contributed by atoms with Crippen LogP contribution in [0.2, 0.25) is 5.02 Å². The highest BCUT2D eigenvalue weighted by Crippen LogP contribution is 2.22. The van der Waals surface area contributed by atoms with Crippen LogP contribution in [0.3, 0.4) is 0 Å². The van der Waals surface area contributed by atoms with Gasteiger partial charge in [0.15, 0.2) is 11.6 Å². The quantitative estimate of drug-likeness (QED) is 0.651. The smallest absolute Gasteiger partial charge is 0.257 e. The van der Waals surface area contributed by atoms with Crippen LogP contribution in [0.1, 0.15) is 15.9 Å². The molecule has 0 radical (unpaired) electrons. The number of nitrogens with one attached hydrogen (secondary N) is 2. The number of benzene rings is 2. The van der Waals surface area contributed by atoms with Crippen molar-refractivity contribution < 1.29 is 13.6 Å². The Labute approximate surface area is 153 Å². The number of halogens is 3. The summed E-state index contributed by atoms with van der Waals surface area (Å²) in [6, 6.07) is 10.1. The second-order valence-electron chi connectivity index (χ2n) is 5.63. The van der Waals surface area contributed by atoms with Gasteiger partial charge in [-0.25, -0.2) is 8.78 Å². The molecule has 2 aromatic carbocycles. The highest BCUT2D eigenvalue weighted by atomic mass is 35.5. The molecular formula is C19H14ClF2N3O. The predicted molar refractivity (Wildman–Crippen MR) is 98.0 cm³/mol. The number of nitrogens with zero attached hydrogens (tertiary/aromatic N) is 1. The molecule has 1 heterocycles. The SMILES string of the molecule is Cc1cc(Cl)ccc1NC(=O)c1cncc(Nc2ccc(F)c(F)c2)c1. The van der Waals surface area contributed by atoms with Crippen LogP contribution in [-0.4, -0.2) is 10.9 Å². The van der Waals surface area contributed by atoms with Crippen LogP contribution in [0.25, 0.3) is 0 Å². The lowest BCUT2D eigenvalue weighted by molar-refractivity contribution is 0.102. The molecule has 1 aromatic heterocycles. The summed E-state index contributed by atoms with van der Waals surface area (Å²) < 4.78 is 26.3. The molecule has 0 spiro atoms. The van der Waals surface area contributed by atoms with Gasteiger partial charge >= 0.3 is 0 Å². The fraction of sp³-hybridized carbons (Fsp3) is 0.0526. The number of pyridine rings is 1. The average molecular weight is 374 g/mol. The van der Waals surface area contributed by atoms with E-state index >= 15 is 0 Å². The van der Waals surface area contributed by atoms with Crippen LogP contribution in [-0.2, 0) is 0 Å². The lowest BCUT2D eigenvalue weighted by Gasteiger charge is -2.10. The Balaban J connectivity index is 1.77. The molecule has 0 saturated carbocycles. The Hall–Kier alpha value is -2.99. The van der Waals surface area contributed by atoms with Crippen molar-refractivity contribution in [3.63, 3.8) is 0 Å². The fourth-order valence-electron chi connectivity index (χ4n) is 2.33. The van der Waals surface area contributed by atoms with Gasteiger partial charge in [-0.2, -0.15) is 0 Å². The number of anilines is 3. The van der Waals surface area contributed by atoms with Gasteiger partial charge in [0, 0.05) is 28.7 Å². The molecule has 132 valence electrons. The molecule has 4 nitrogen and oxygen atoms in total. The third-order valence-corrected chi connectivity index (χ3v) is 3.88. The molecular weight excluding hydrogens is 360 g/mol. The Morgan fingerprint density at radius 2 is 1.81 bits per heavy atom. The fourth-order valence-corrected chi connectivity index (χ4v) is 2.56. The van der Waals surface area contributed by atoms with Crippen molar-refractivity contribution in [1.82, 2.24) is 4.98 Å². The highest BCUT2D eigenvalue weighted by molar-refractivity contribution is 6.30. The van der Waals surface area contributed by atoms with E-state index in [-0.39, 0.29) is 5.91 Å². The number of aromatic nitrogens is 1. The molecule has 26 heavy (non-hydrogen) atoms. The van der Waals surface area contributed by atoms with E-state index in [1.807, 2.05) is 6.92 Å². The summed E-state index contributed by atoms with van der Waals surface area (Å²) in [4.78, 5) is 16.4. The number of hydrogen-bond donors (Lipinski definition) is 2. The van der Waals surface area contributed by atoms with Crippen LogP contribution in [0.15, 0.2) is 54.9 Å². The molecule has 0 aliphatic carbocycles. The molecule has 3 rings (SSSR count). The molecule has 1 amide bonds.